The minimum atomic E-state index is -3.49. The molecule has 0 spiro atoms. The standard InChI is InChI=1S/C14H17N3O3S/c1-11-5-7-17(10-11)21(18,19)16-13-4-2-3-12(9-13)14-6-8-20-15-14/h2-4,6,8-9,11,16H,5,7,10H2,1H3. The molecule has 6 nitrogen and oxygen atoms in total. The van der Waals surface area contributed by atoms with Crippen molar-refractivity contribution in [1.82, 2.24) is 9.46 Å². The molecule has 2 heterocycles. The van der Waals surface area contributed by atoms with Crippen LogP contribution >= 0.6 is 0 Å². The molecule has 21 heavy (non-hydrogen) atoms. The highest BCUT2D eigenvalue weighted by atomic mass is 32.2. The average molecular weight is 307 g/mol. The van der Waals surface area contributed by atoms with Gasteiger partial charge in [0.05, 0.1) is 5.69 Å². The van der Waals surface area contributed by atoms with Crippen LogP contribution in [0.2, 0.25) is 0 Å². The van der Waals surface area contributed by atoms with Gasteiger partial charge in [-0.05, 0) is 24.5 Å². The molecule has 1 aromatic heterocycles. The molecule has 1 aliphatic heterocycles. The lowest BCUT2D eigenvalue weighted by molar-refractivity contribution is 0.422. The van der Waals surface area contributed by atoms with Crippen molar-refractivity contribution >= 4 is 15.9 Å². The van der Waals surface area contributed by atoms with Crippen molar-refractivity contribution < 1.29 is 12.9 Å². The summed E-state index contributed by atoms with van der Waals surface area (Å²) in [5.41, 5.74) is 2.00. The minimum absolute atomic E-state index is 0.406. The van der Waals surface area contributed by atoms with E-state index in [2.05, 4.69) is 16.8 Å². The summed E-state index contributed by atoms with van der Waals surface area (Å²) in [4.78, 5) is 0. The Balaban J connectivity index is 1.80. The molecule has 0 aliphatic carbocycles. The SMILES string of the molecule is CC1CCN(S(=O)(=O)Nc2cccc(-c3ccon3)c2)C1. The molecule has 1 atom stereocenters. The predicted octanol–water partition coefficient (Wildman–Crippen LogP) is 2.34. The van der Waals surface area contributed by atoms with E-state index in [-0.39, 0.29) is 0 Å². The van der Waals surface area contributed by atoms with Crippen LogP contribution in [0.15, 0.2) is 41.1 Å². The minimum Gasteiger partial charge on any atom is -0.364 e. The Kier molecular flexibility index (Phi) is 3.69. The summed E-state index contributed by atoms with van der Waals surface area (Å²) in [6, 6.07) is 8.84. The molecule has 1 saturated heterocycles. The van der Waals surface area contributed by atoms with Crippen molar-refractivity contribution in [3.8, 4) is 11.3 Å². The summed E-state index contributed by atoms with van der Waals surface area (Å²) in [6.07, 6.45) is 2.39. The van der Waals surface area contributed by atoms with Crippen LogP contribution in [-0.4, -0.2) is 31.0 Å². The van der Waals surface area contributed by atoms with Gasteiger partial charge in [0.15, 0.2) is 0 Å². The number of nitrogens with zero attached hydrogens (tertiary/aromatic N) is 2. The van der Waals surface area contributed by atoms with Gasteiger partial charge in [0.25, 0.3) is 0 Å². The molecule has 1 N–H and O–H groups in total. The van der Waals surface area contributed by atoms with Gasteiger partial charge < -0.3 is 4.52 Å². The average Bonchev–Trinajstić information content (AvgIpc) is 3.09. The fraction of sp³-hybridized carbons (Fsp3) is 0.357. The molecule has 1 fully saturated rings. The van der Waals surface area contributed by atoms with Crippen LogP contribution in [0, 0.1) is 5.92 Å². The van der Waals surface area contributed by atoms with Crippen LogP contribution in [0.1, 0.15) is 13.3 Å². The molecule has 0 saturated carbocycles. The second-order valence-corrected chi connectivity index (χ2v) is 7.00. The monoisotopic (exact) mass is 307 g/mol. The Morgan fingerprint density at radius 2 is 2.24 bits per heavy atom. The van der Waals surface area contributed by atoms with E-state index in [9.17, 15) is 8.42 Å². The van der Waals surface area contributed by atoms with E-state index in [0.29, 0.717) is 30.4 Å². The largest absolute Gasteiger partial charge is 0.364 e. The van der Waals surface area contributed by atoms with E-state index in [4.69, 9.17) is 4.52 Å². The first kappa shape index (κ1) is 14.1. The van der Waals surface area contributed by atoms with Gasteiger partial charge in [-0.2, -0.15) is 12.7 Å². The van der Waals surface area contributed by atoms with E-state index in [1.54, 1.807) is 24.3 Å². The third kappa shape index (κ3) is 3.08. The van der Waals surface area contributed by atoms with Gasteiger partial charge in [0.1, 0.15) is 12.0 Å². The zero-order chi connectivity index (χ0) is 14.9. The summed E-state index contributed by atoms with van der Waals surface area (Å²) in [6.45, 7) is 3.19. The first-order valence-electron chi connectivity index (χ1n) is 6.83. The van der Waals surface area contributed by atoms with E-state index in [0.717, 1.165) is 12.0 Å². The number of benzene rings is 1. The summed E-state index contributed by atoms with van der Waals surface area (Å²) in [5.74, 6) is 0.406. The highest BCUT2D eigenvalue weighted by Gasteiger charge is 2.29. The molecule has 2 aromatic rings. The smallest absolute Gasteiger partial charge is 0.301 e. The Bertz CT molecular complexity index is 713. The third-order valence-electron chi connectivity index (χ3n) is 3.57. The Morgan fingerprint density at radius 3 is 2.90 bits per heavy atom. The van der Waals surface area contributed by atoms with Crippen LogP contribution < -0.4 is 4.72 Å². The number of rotatable bonds is 4. The Labute approximate surface area is 123 Å². The number of hydrogen-bond donors (Lipinski definition) is 1. The number of anilines is 1. The van der Waals surface area contributed by atoms with E-state index in [1.165, 1.54) is 10.6 Å². The molecule has 3 rings (SSSR count). The third-order valence-corrected chi connectivity index (χ3v) is 5.07. The second-order valence-electron chi connectivity index (χ2n) is 5.32. The van der Waals surface area contributed by atoms with Gasteiger partial charge >= 0.3 is 10.2 Å². The zero-order valence-electron chi connectivity index (χ0n) is 11.7. The molecule has 0 bridgehead atoms. The number of aromatic nitrogens is 1. The van der Waals surface area contributed by atoms with Crippen molar-refractivity contribution in [2.24, 2.45) is 5.92 Å². The predicted molar refractivity (Wildman–Crippen MR) is 79.8 cm³/mol. The maximum Gasteiger partial charge on any atom is 0.301 e. The molecular formula is C14H17N3O3S. The lowest BCUT2D eigenvalue weighted by atomic mass is 10.1. The Hall–Kier alpha value is -1.86. The molecule has 1 aliphatic rings. The summed E-state index contributed by atoms with van der Waals surface area (Å²) >= 11 is 0. The van der Waals surface area contributed by atoms with Crippen molar-refractivity contribution in [3.05, 3.63) is 36.6 Å². The van der Waals surface area contributed by atoms with E-state index < -0.39 is 10.2 Å². The lowest BCUT2D eigenvalue weighted by Gasteiger charge is -2.17. The van der Waals surface area contributed by atoms with E-state index in [1.807, 2.05) is 6.07 Å². The first-order chi connectivity index (χ1) is 10.0. The number of hydrogen-bond acceptors (Lipinski definition) is 4. The highest BCUT2D eigenvalue weighted by Crippen LogP contribution is 2.24. The first-order valence-corrected chi connectivity index (χ1v) is 8.27. The van der Waals surface area contributed by atoms with Gasteiger partial charge in [-0.3, -0.25) is 4.72 Å². The maximum atomic E-state index is 12.3. The van der Waals surface area contributed by atoms with Crippen molar-refractivity contribution in [2.75, 3.05) is 17.8 Å². The van der Waals surface area contributed by atoms with Gasteiger partial charge in [-0.1, -0.05) is 24.2 Å². The molecule has 1 aromatic carbocycles. The summed E-state index contributed by atoms with van der Waals surface area (Å²) in [5, 5.41) is 3.85. The van der Waals surface area contributed by atoms with Gasteiger partial charge in [0, 0.05) is 24.7 Å². The Morgan fingerprint density at radius 1 is 1.38 bits per heavy atom. The summed E-state index contributed by atoms with van der Waals surface area (Å²) < 4.78 is 33.6. The van der Waals surface area contributed by atoms with Gasteiger partial charge in [-0.15, -0.1) is 0 Å². The van der Waals surface area contributed by atoms with Crippen LogP contribution in [0.3, 0.4) is 0 Å². The molecular weight excluding hydrogens is 290 g/mol. The fourth-order valence-electron chi connectivity index (χ4n) is 2.43. The topological polar surface area (TPSA) is 75.4 Å². The molecule has 0 radical (unpaired) electrons. The molecule has 1 unspecified atom stereocenters. The quantitative estimate of drug-likeness (QED) is 0.940. The molecule has 7 heteroatoms. The highest BCUT2D eigenvalue weighted by molar-refractivity contribution is 7.90. The molecule has 112 valence electrons. The second kappa shape index (κ2) is 5.50. The van der Waals surface area contributed by atoms with Crippen molar-refractivity contribution in [2.45, 2.75) is 13.3 Å². The van der Waals surface area contributed by atoms with Crippen LogP contribution in [0.5, 0.6) is 0 Å². The van der Waals surface area contributed by atoms with Crippen LogP contribution in [-0.2, 0) is 10.2 Å². The normalized spacial score (nSPS) is 19.8. The zero-order valence-corrected chi connectivity index (χ0v) is 12.5. The molecule has 0 amide bonds. The van der Waals surface area contributed by atoms with Crippen LogP contribution in [0.25, 0.3) is 11.3 Å². The summed E-state index contributed by atoms with van der Waals surface area (Å²) in [7, 11) is -3.49. The van der Waals surface area contributed by atoms with Gasteiger partial charge in [-0.25, -0.2) is 0 Å². The lowest BCUT2D eigenvalue weighted by Crippen LogP contribution is -2.33. The fourth-order valence-corrected chi connectivity index (χ4v) is 3.78. The van der Waals surface area contributed by atoms with Crippen molar-refractivity contribution in [1.29, 1.82) is 0 Å². The van der Waals surface area contributed by atoms with Crippen molar-refractivity contribution in [3.63, 3.8) is 0 Å². The number of nitrogens with one attached hydrogen (secondary N) is 1. The van der Waals surface area contributed by atoms with Gasteiger partial charge in [0.2, 0.25) is 0 Å². The maximum absolute atomic E-state index is 12.3. The van der Waals surface area contributed by atoms with E-state index >= 15 is 0 Å². The van der Waals surface area contributed by atoms with Crippen LogP contribution in [0.4, 0.5) is 5.69 Å².